The minimum Gasteiger partial charge on any atom is -0.198 e. The summed E-state index contributed by atoms with van der Waals surface area (Å²) in [5.41, 5.74) is 0.428. The van der Waals surface area contributed by atoms with Crippen molar-refractivity contribution < 1.29 is 0 Å². The van der Waals surface area contributed by atoms with Crippen LogP contribution in [0.5, 0.6) is 0 Å². The van der Waals surface area contributed by atoms with Crippen LogP contribution in [0.1, 0.15) is 97.8 Å². The van der Waals surface area contributed by atoms with Crippen molar-refractivity contribution in [3.05, 3.63) is 0 Å². The van der Waals surface area contributed by atoms with Gasteiger partial charge in [-0.15, -0.1) is 0 Å². The van der Waals surface area contributed by atoms with Gasteiger partial charge < -0.3 is 0 Å². The van der Waals surface area contributed by atoms with Gasteiger partial charge in [0.15, 0.2) is 0 Å². The third kappa shape index (κ3) is 9.51. The maximum absolute atomic E-state index is 8.80. The molecule has 1 heteroatoms. The maximum Gasteiger partial charge on any atom is 0.0621 e. The molecule has 0 heterocycles. The summed E-state index contributed by atoms with van der Waals surface area (Å²) in [5.74, 6) is 0. The van der Waals surface area contributed by atoms with Crippen LogP contribution in [-0.4, -0.2) is 0 Å². The molecule has 0 atom stereocenters. The van der Waals surface area contributed by atoms with E-state index in [0.717, 1.165) is 12.8 Å². The number of hydrogen-bond donors (Lipinski definition) is 0. The van der Waals surface area contributed by atoms with Gasteiger partial charge in [0.25, 0.3) is 0 Å². The summed E-state index contributed by atoms with van der Waals surface area (Å²) in [4.78, 5) is 0. The van der Waals surface area contributed by atoms with E-state index < -0.39 is 0 Å². The van der Waals surface area contributed by atoms with Crippen molar-refractivity contribution in [2.75, 3.05) is 0 Å². The lowest BCUT2D eigenvalue weighted by atomic mass is 9.76. The van der Waals surface area contributed by atoms with Gasteiger partial charge in [-0.2, -0.15) is 5.26 Å². The van der Waals surface area contributed by atoms with E-state index in [9.17, 15) is 0 Å². The minimum absolute atomic E-state index is 0.428. The molecule has 0 aliphatic rings. The Morgan fingerprint density at radius 2 is 1.28 bits per heavy atom. The molecule has 0 amide bonds. The summed E-state index contributed by atoms with van der Waals surface area (Å²) >= 11 is 0. The molecule has 0 saturated carbocycles. The Hall–Kier alpha value is -0.510. The van der Waals surface area contributed by atoms with Crippen molar-refractivity contribution in [2.45, 2.75) is 97.8 Å². The van der Waals surface area contributed by atoms with Gasteiger partial charge in [-0.1, -0.05) is 72.1 Å². The largest absolute Gasteiger partial charge is 0.198 e. The second kappa shape index (κ2) is 11.6. The summed E-state index contributed by atoms with van der Waals surface area (Å²) in [5, 5.41) is 8.80. The number of nitrogens with zero attached hydrogens (tertiary/aromatic N) is 1. The predicted molar refractivity (Wildman–Crippen MR) is 80.5 cm³/mol. The molecular formula is C17H33N. The Balaban J connectivity index is 3.95. The first-order valence-electron chi connectivity index (χ1n) is 8.05. The van der Waals surface area contributed by atoms with Crippen molar-refractivity contribution in [2.24, 2.45) is 5.41 Å². The Morgan fingerprint density at radius 3 is 1.67 bits per heavy atom. The van der Waals surface area contributed by atoms with Gasteiger partial charge in [-0.25, -0.2) is 0 Å². The average Bonchev–Trinajstić information content (AvgIpc) is 2.38. The van der Waals surface area contributed by atoms with E-state index in [-0.39, 0.29) is 0 Å². The highest BCUT2D eigenvalue weighted by molar-refractivity contribution is 4.80. The van der Waals surface area contributed by atoms with Crippen LogP contribution >= 0.6 is 0 Å². The number of rotatable bonds is 12. The lowest BCUT2D eigenvalue weighted by Gasteiger charge is -2.29. The van der Waals surface area contributed by atoms with E-state index >= 15 is 0 Å². The molecule has 1 nitrogen and oxygen atoms in total. The van der Waals surface area contributed by atoms with Crippen molar-refractivity contribution >= 4 is 0 Å². The van der Waals surface area contributed by atoms with E-state index in [1.54, 1.807) is 0 Å². The van der Waals surface area contributed by atoms with Gasteiger partial charge in [0.1, 0.15) is 0 Å². The van der Waals surface area contributed by atoms with Crippen LogP contribution < -0.4 is 0 Å². The highest BCUT2D eigenvalue weighted by Crippen LogP contribution is 2.35. The maximum atomic E-state index is 8.80. The first-order chi connectivity index (χ1) is 8.68. The zero-order valence-corrected chi connectivity index (χ0v) is 12.9. The molecule has 0 bridgehead atoms. The quantitative estimate of drug-likeness (QED) is 0.377. The topological polar surface area (TPSA) is 23.8 Å². The molecule has 0 unspecified atom stereocenters. The summed E-state index contributed by atoms with van der Waals surface area (Å²) in [6.07, 6.45) is 15.3. The number of unbranched alkanes of at least 4 members (excludes halogenated alkanes) is 6. The monoisotopic (exact) mass is 251 g/mol. The summed E-state index contributed by atoms with van der Waals surface area (Å²) < 4.78 is 0. The Bertz CT molecular complexity index is 202. The van der Waals surface area contributed by atoms with E-state index in [0.29, 0.717) is 5.41 Å². The Labute approximate surface area is 115 Å². The van der Waals surface area contributed by atoms with E-state index in [2.05, 4.69) is 26.8 Å². The zero-order chi connectivity index (χ0) is 13.7. The summed E-state index contributed by atoms with van der Waals surface area (Å²) in [6.45, 7) is 6.93. The molecule has 0 aromatic rings. The van der Waals surface area contributed by atoms with Gasteiger partial charge in [0, 0.05) is 6.42 Å². The van der Waals surface area contributed by atoms with Crippen molar-refractivity contribution in [3.63, 3.8) is 0 Å². The van der Waals surface area contributed by atoms with Crippen molar-refractivity contribution in [1.82, 2.24) is 0 Å². The highest BCUT2D eigenvalue weighted by Gasteiger charge is 2.22. The average molecular weight is 251 g/mol. The fraction of sp³-hybridized carbons (Fsp3) is 0.941. The van der Waals surface area contributed by atoms with Crippen LogP contribution in [-0.2, 0) is 0 Å². The molecule has 0 saturated heterocycles. The fourth-order valence-corrected chi connectivity index (χ4v) is 2.69. The SMILES string of the molecule is CCCCCCC(C)(CCC#N)CCCCCC. The smallest absolute Gasteiger partial charge is 0.0621 e. The second-order valence-corrected chi connectivity index (χ2v) is 6.09. The minimum atomic E-state index is 0.428. The molecule has 0 fully saturated rings. The third-order valence-electron chi connectivity index (χ3n) is 4.11. The van der Waals surface area contributed by atoms with E-state index in [1.165, 1.54) is 64.2 Å². The third-order valence-corrected chi connectivity index (χ3v) is 4.11. The number of nitriles is 1. The molecule has 0 aliphatic heterocycles. The molecule has 0 rings (SSSR count). The fourth-order valence-electron chi connectivity index (χ4n) is 2.69. The molecule has 0 spiro atoms. The molecule has 0 aromatic heterocycles. The molecule has 0 radical (unpaired) electrons. The van der Waals surface area contributed by atoms with E-state index in [1.807, 2.05) is 0 Å². The molecule has 106 valence electrons. The molecule has 18 heavy (non-hydrogen) atoms. The van der Waals surface area contributed by atoms with Gasteiger partial charge in [-0.3, -0.25) is 0 Å². The molecule has 0 aromatic carbocycles. The van der Waals surface area contributed by atoms with Crippen molar-refractivity contribution in [3.8, 4) is 6.07 Å². The predicted octanol–water partition coefficient (Wildman–Crippen LogP) is 6.24. The van der Waals surface area contributed by atoms with Crippen LogP contribution in [0.3, 0.4) is 0 Å². The Kier molecular flexibility index (Phi) is 11.2. The van der Waals surface area contributed by atoms with Crippen LogP contribution in [0.25, 0.3) is 0 Å². The normalized spacial score (nSPS) is 11.4. The molecular weight excluding hydrogens is 218 g/mol. The van der Waals surface area contributed by atoms with Crippen LogP contribution in [0.4, 0.5) is 0 Å². The first kappa shape index (κ1) is 17.5. The standard InChI is InChI=1S/C17H33N/c1-4-6-8-10-13-17(3,15-12-16-18)14-11-9-7-5-2/h4-15H2,1-3H3. The van der Waals surface area contributed by atoms with Crippen LogP contribution in [0, 0.1) is 16.7 Å². The van der Waals surface area contributed by atoms with Crippen LogP contribution in [0.15, 0.2) is 0 Å². The molecule has 0 aliphatic carbocycles. The summed E-state index contributed by atoms with van der Waals surface area (Å²) in [7, 11) is 0. The first-order valence-corrected chi connectivity index (χ1v) is 8.05. The van der Waals surface area contributed by atoms with Crippen LogP contribution in [0.2, 0.25) is 0 Å². The second-order valence-electron chi connectivity index (χ2n) is 6.09. The van der Waals surface area contributed by atoms with Gasteiger partial charge in [0.05, 0.1) is 6.07 Å². The van der Waals surface area contributed by atoms with Gasteiger partial charge in [-0.05, 0) is 24.7 Å². The van der Waals surface area contributed by atoms with Gasteiger partial charge >= 0.3 is 0 Å². The summed E-state index contributed by atoms with van der Waals surface area (Å²) in [6, 6.07) is 2.33. The lowest BCUT2D eigenvalue weighted by molar-refractivity contribution is 0.234. The molecule has 0 N–H and O–H groups in total. The Morgan fingerprint density at radius 1 is 0.778 bits per heavy atom. The number of hydrogen-bond acceptors (Lipinski definition) is 1. The van der Waals surface area contributed by atoms with E-state index in [4.69, 9.17) is 5.26 Å². The van der Waals surface area contributed by atoms with Crippen molar-refractivity contribution in [1.29, 1.82) is 5.26 Å². The zero-order valence-electron chi connectivity index (χ0n) is 12.9. The lowest BCUT2D eigenvalue weighted by Crippen LogP contribution is -2.16. The highest BCUT2D eigenvalue weighted by atomic mass is 14.3. The van der Waals surface area contributed by atoms with Gasteiger partial charge in [0.2, 0.25) is 0 Å².